The van der Waals surface area contributed by atoms with Crippen molar-refractivity contribution in [2.45, 2.75) is 6.92 Å². The highest BCUT2D eigenvalue weighted by atomic mass is 32.2. The van der Waals surface area contributed by atoms with Crippen molar-refractivity contribution in [3.8, 4) is 0 Å². The lowest BCUT2D eigenvalue weighted by atomic mass is 10.3. The summed E-state index contributed by atoms with van der Waals surface area (Å²) in [5.74, 6) is 0.214. The van der Waals surface area contributed by atoms with E-state index in [-0.39, 0.29) is 5.75 Å². The average Bonchev–Trinajstić information content (AvgIpc) is 2.42. The third kappa shape index (κ3) is 4.13. The fourth-order valence-electron chi connectivity index (χ4n) is 2.60. The van der Waals surface area contributed by atoms with Crippen LogP contribution >= 0.6 is 0 Å². The highest BCUT2D eigenvalue weighted by molar-refractivity contribution is 7.89. The molecule has 0 unspecified atom stereocenters. The molecule has 0 aliphatic carbocycles. The minimum Gasteiger partial charge on any atom is -0.304 e. The Hall–Kier alpha value is -0.210. The van der Waals surface area contributed by atoms with Gasteiger partial charge in [-0.2, -0.15) is 4.31 Å². The van der Waals surface area contributed by atoms with E-state index in [0.29, 0.717) is 13.1 Å². The molecule has 0 bridgehead atoms. The zero-order valence-corrected chi connectivity index (χ0v) is 12.9. The van der Waals surface area contributed by atoms with Gasteiger partial charge >= 0.3 is 0 Å². The molecule has 0 saturated carbocycles. The number of piperazine rings is 2. The summed E-state index contributed by atoms with van der Waals surface area (Å²) in [7, 11) is -0.840. The molecule has 0 aromatic carbocycles. The molecule has 0 spiro atoms. The maximum atomic E-state index is 11.8. The van der Waals surface area contributed by atoms with E-state index in [2.05, 4.69) is 21.7 Å². The smallest absolute Gasteiger partial charge is 0.213 e. The van der Waals surface area contributed by atoms with E-state index in [1.807, 2.05) is 0 Å². The van der Waals surface area contributed by atoms with Crippen molar-refractivity contribution in [3.05, 3.63) is 0 Å². The third-order valence-electron chi connectivity index (χ3n) is 4.09. The third-order valence-corrected chi connectivity index (χ3v) is 5.97. The number of sulfonamides is 1. The number of rotatable bonds is 4. The maximum Gasteiger partial charge on any atom is 0.213 e. The van der Waals surface area contributed by atoms with Gasteiger partial charge in [-0.3, -0.25) is 9.80 Å². The van der Waals surface area contributed by atoms with E-state index in [1.54, 1.807) is 11.2 Å². The number of likely N-dealkylation sites (N-methyl/N-ethyl adjacent to an activating group) is 1. The van der Waals surface area contributed by atoms with E-state index in [0.717, 1.165) is 45.9 Å². The number of nitrogens with zero attached hydrogens (tertiary/aromatic N) is 4. The zero-order valence-electron chi connectivity index (χ0n) is 12.1. The van der Waals surface area contributed by atoms with E-state index < -0.39 is 10.0 Å². The van der Waals surface area contributed by atoms with Gasteiger partial charge in [-0.05, 0) is 14.0 Å². The van der Waals surface area contributed by atoms with Crippen molar-refractivity contribution < 1.29 is 8.42 Å². The van der Waals surface area contributed by atoms with E-state index in [4.69, 9.17) is 0 Å². The quantitative estimate of drug-likeness (QED) is 0.676. The van der Waals surface area contributed by atoms with Gasteiger partial charge in [0, 0.05) is 52.4 Å². The zero-order chi connectivity index (χ0) is 13.9. The van der Waals surface area contributed by atoms with Crippen molar-refractivity contribution in [1.29, 1.82) is 0 Å². The molecule has 112 valence electrons. The Morgan fingerprint density at radius 2 is 1.32 bits per heavy atom. The van der Waals surface area contributed by atoms with E-state index in [1.165, 1.54) is 0 Å². The van der Waals surface area contributed by atoms with Crippen LogP contribution in [0, 0.1) is 0 Å². The molecule has 2 heterocycles. The molecule has 2 saturated heterocycles. The van der Waals surface area contributed by atoms with Crippen LogP contribution in [0.25, 0.3) is 0 Å². The van der Waals surface area contributed by atoms with Crippen molar-refractivity contribution >= 4 is 10.0 Å². The first-order chi connectivity index (χ1) is 9.01. The highest BCUT2D eigenvalue weighted by Gasteiger charge is 2.26. The number of hydrogen-bond donors (Lipinski definition) is 0. The fraction of sp³-hybridized carbons (Fsp3) is 1.00. The molecule has 0 aromatic rings. The largest absolute Gasteiger partial charge is 0.304 e. The normalized spacial score (nSPS) is 25.8. The van der Waals surface area contributed by atoms with Gasteiger partial charge in [0.1, 0.15) is 0 Å². The summed E-state index contributed by atoms with van der Waals surface area (Å²) >= 11 is 0. The summed E-state index contributed by atoms with van der Waals surface area (Å²) in [6, 6.07) is 0. The second-order valence-corrected chi connectivity index (χ2v) is 7.74. The molecule has 0 aromatic heterocycles. The summed E-state index contributed by atoms with van der Waals surface area (Å²) < 4.78 is 25.2. The van der Waals surface area contributed by atoms with Crippen LogP contribution in [0.4, 0.5) is 0 Å². The van der Waals surface area contributed by atoms with Gasteiger partial charge in [0.15, 0.2) is 0 Å². The lowest BCUT2D eigenvalue weighted by Gasteiger charge is -2.39. The molecule has 0 amide bonds. The molecular formula is C12H26N4O2S. The van der Waals surface area contributed by atoms with Crippen LogP contribution in [0.5, 0.6) is 0 Å². The monoisotopic (exact) mass is 290 g/mol. The summed E-state index contributed by atoms with van der Waals surface area (Å²) in [5.41, 5.74) is 0. The Labute approximate surface area is 117 Å². The van der Waals surface area contributed by atoms with E-state index in [9.17, 15) is 8.42 Å². The first-order valence-corrected chi connectivity index (χ1v) is 8.73. The average molecular weight is 290 g/mol. The molecule has 2 aliphatic rings. The molecule has 0 atom stereocenters. The minimum atomic E-state index is -3.00. The van der Waals surface area contributed by atoms with Gasteiger partial charge in [0.2, 0.25) is 10.0 Å². The van der Waals surface area contributed by atoms with Crippen LogP contribution in [0.15, 0.2) is 0 Å². The summed E-state index contributed by atoms with van der Waals surface area (Å²) in [5, 5.41) is 0. The Morgan fingerprint density at radius 1 is 0.842 bits per heavy atom. The molecule has 2 fully saturated rings. The standard InChI is InChI=1S/C12H26N4O2S/c1-3-19(17,18)16-10-8-15(9-11-16)12-14-6-4-13(2)5-7-14/h3-12H2,1-2H3. The fourth-order valence-corrected chi connectivity index (χ4v) is 3.69. The van der Waals surface area contributed by atoms with Crippen LogP contribution in [-0.2, 0) is 10.0 Å². The van der Waals surface area contributed by atoms with Gasteiger partial charge in [-0.1, -0.05) is 0 Å². The van der Waals surface area contributed by atoms with Crippen LogP contribution in [0.1, 0.15) is 6.92 Å². The summed E-state index contributed by atoms with van der Waals surface area (Å²) in [4.78, 5) is 7.18. The van der Waals surface area contributed by atoms with E-state index >= 15 is 0 Å². The molecule has 0 N–H and O–H groups in total. The second kappa shape index (κ2) is 6.49. The summed E-state index contributed by atoms with van der Waals surface area (Å²) in [6.45, 7) is 10.2. The molecule has 0 radical (unpaired) electrons. The summed E-state index contributed by atoms with van der Waals surface area (Å²) in [6.07, 6.45) is 0. The lowest BCUT2D eigenvalue weighted by Crippen LogP contribution is -2.54. The number of hydrogen-bond acceptors (Lipinski definition) is 5. The lowest BCUT2D eigenvalue weighted by molar-refractivity contribution is 0.0657. The Kier molecular flexibility index (Phi) is 5.19. The first-order valence-electron chi connectivity index (χ1n) is 7.12. The van der Waals surface area contributed by atoms with Crippen molar-refractivity contribution in [1.82, 2.24) is 19.0 Å². The predicted octanol–water partition coefficient (Wildman–Crippen LogP) is -0.841. The maximum absolute atomic E-state index is 11.8. The van der Waals surface area contributed by atoms with Gasteiger partial charge in [-0.15, -0.1) is 0 Å². The highest BCUT2D eigenvalue weighted by Crippen LogP contribution is 2.09. The SMILES string of the molecule is CCS(=O)(=O)N1CCN(CN2CCN(C)CC2)CC1. The van der Waals surface area contributed by atoms with Gasteiger partial charge in [0.25, 0.3) is 0 Å². The van der Waals surface area contributed by atoms with Gasteiger partial charge < -0.3 is 4.90 Å². The van der Waals surface area contributed by atoms with Crippen molar-refractivity contribution in [2.24, 2.45) is 0 Å². The molecule has 7 heteroatoms. The topological polar surface area (TPSA) is 47.1 Å². The molecular weight excluding hydrogens is 264 g/mol. The molecule has 2 aliphatic heterocycles. The molecule has 2 rings (SSSR count). The molecule has 6 nitrogen and oxygen atoms in total. The van der Waals surface area contributed by atoms with Crippen LogP contribution < -0.4 is 0 Å². The Morgan fingerprint density at radius 3 is 1.79 bits per heavy atom. The van der Waals surface area contributed by atoms with Crippen LogP contribution in [-0.4, -0.2) is 99.3 Å². The van der Waals surface area contributed by atoms with Crippen LogP contribution in [0.2, 0.25) is 0 Å². The van der Waals surface area contributed by atoms with Crippen molar-refractivity contribution in [3.63, 3.8) is 0 Å². The minimum absolute atomic E-state index is 0.214. The van der Waals surface area contributed by atoms with Crippen LogP contribution in [0.3, 0.4) is 0 Å². The first kappa shape index (κ1) is 15.2. The van der Waals surface area contributed by atoms with Crippen molar-refractivity contribution in [2.75, 3.05) is 71.8 Å². The Balaban J connectivity index is 1.75. The Bertz CT molecular complexity index is 371. The van der Waals surface area contributed by atoms with Gasteiger partial charge in [0.05, 0.1) is 12.4 Å². The molecule has 19 heavy (non-hydrogen) atoms. The second-order valence-electron chi connectivity index (χ2n) is 5.48. The van der Waals surface area contributed by atoms with Gasteiger partial charge in [-0.25, -0.2) is 8.42 Å². The predicted molar refractivity (Wildman–Crippen MR) is 76.5 cm³/mol.